The molecule has 9 nitrogen and oxygen atoms in total. The summed E-state index contributed by atoms with van der Waals surface area (Å²) in [5.74, 6) is 0.288. The first kappa shape index (κ1) is 28.0. The van der Waals surface area contributed by atoms with Gasteiger partial charge in [0.15, 0.2) is 0 Å². The molecule has 0 spiro atoms. The summed E-state index contributed by atoms with van der Waals surface area (Å²) in [6.07, 6.45) is 1.71. The molecule has 1 amide bonds. The molecule has 222 valence electrons. The predicted octanol–water partition coefficient (Wildman–Crippen LogP) is 4.45. The maximum absolute atomic E-state index is 13.8. The highest BCUT2D eigenvalue weighted by atomic mass is 19.4. The van der Waals surface area contributed by atoms with Crippen LogP contribution in [0.25, 0.3) is 0 Å². The van der Waals surface area contributed by atoms with Crippen molar-refractivity contribution in [3.63, 3.8) is 0 Å². The molecule has 2 N–H and O–H groups in total. The first-order valence-electron chi connectivity index (χ1n) is 14.7. The van der Waals surface area contributed by atoms with Crippen LogP contribution in [0.2, 0.25) is 0 Å². The smallest absolute Gasteiger partial charge is 0.379 e. The number of nitrogens with one attached hydrogen (secondary N) is 2. The normalized spacial score (nSPS) is 23.6. The number of piperazine rings is 1. The standard InChI is InChI=1S/C29H38F3N7O2/c1-37-21-5-6-22(37)18-39(17-21)20-7-8-25(23(15-20)19-3-4-19)35-28-34-16-24(29(30,31)32)27(36-28)33-10-2-11-38-12-14-41-13-9-26(38)40/h7-8,15-16,19,21-22H,2-6,9-14,17-18H2,1H3,(H2,33,34,35,36)/t21-,22+. The molecule has 0 unspecified atom stereocenters. The molecule has 3 aliphatic heterocycles. The minimum absolute atomic E-state index is 0.00414. The third kappa shape index (κ3) is 6.38. The molecule has 4 heterocycles. The van der Waals surface area contributed by atoms with Gasteiger partial charge in [0.05, 0.1) is 19.6 Å². The molecule has 41 heavy (non-hydrogen) atoms. The number of carbonyl (C=O) groups excluding carboxylic acids is 1. The van der Waals surface area contributed by atoms with Crippen LogP contribution in [0.3, 0.4) is 0 Å². The molecule has 2 atom stereocenters. The Morgan fingerprint density at radius 2 is 1.88 bits per heavy atom. The van der Waals surface area contributed by atoms with Crippen molar-refractivity contribution in [2.24, 2.45) is 0 Å². The van der Waals surface area contributed by atoms with E-state index in [1.165, 1.54) is 18.5 Å². The highest BCUT2D eigenvalue weighted by molar-refractivity contribution is 5.76. The Labute approximate surface area is 238 Å². The highest BCUT2D eigenvalue weighted by Crippen LogP contribution is 2.46. The van der Waals surface area contributed by atoms with Gasteiger partial charge in [-0.05, 0) is 68.8 Å². The molecule has 1 aliphatic carbocycles. The van der Waals surface area contributed by atoms with Gasteiger partial charge in [0.25, 0.3) is 0 Å². The van der Waals surface area contributed by atoms with Crippen molar-refractivity contribution in [2.45, 2.75) is 62.7 Å². The maximum Gasteiger partial charge on any atom is 0.421 e. The van der Waals surface area contributed by atoms with Crippen LogP contribution in [0.5, 0.6) is 0 Å². The Hall–Kier alpha value is -3.12. The van der Waals surface area contributed by atoms with Gasteiger partial charge < -0.3 is 25.2 Å². The van der Waals surface area contributed by atoms with Crippen molar-refractivity contribution in [2.75, 3.05) is 68.5 Å². The quantitative estimate of drug-likeness (QED) is 0.426. The number of nitrogens with zero attached hydrogens (tertiary/aromatic N) is 5. The molecule has 6 rings (SSSR count). The van der Waals surface area contributed by atoms with Crippen molar-refractivity contribution in [1.29, 1.82) is 0 Å². The van der Waals surface area contributed by atoms with Gasteiger partial charge >= 0.3 is 6.18 Å². The van der Waals surface area contributed by atoms with E-state index in [4.69, 9.17) is 4.74 Å². The van der Waals surface area contributed by atoms with Crippen molar-refractivity contribution < 1.29 is 22.7 Å². The van der Waals surface area contributed by atoms with E-state index in [2.05, 4.69) is 49.6 Å². The summed E-state index contributed by atoms with van der Waals surface area (Å²) in [5, 5.41) is 6.06. The summed E-state index contributed by atoms with van der Waals surface area (Å²) in [6.45, 7) is 4.07. The van der Waals surface area contributed by atoms with Gasteiger partial charge in [0, 0.05) is 62.4 Å². The molecule has 1 aromatic carbocycles. The summed E-state index contributed by atoms with van der Waals surface area (Å²) in [4.78, 5) is 27.1. The van der Waals surface area contributed by atoms with E-state index in [0.29, 0.717) is 57.1 Å². The van der Waals surface area contributed by atoms with Crippen molar-refractivity contribution in [1.82, 2.24) is 19.8 Å². The third-order valence-electron chi connectivity index (χ3n) is 8.82. The molecule has 2 aromatic rings. The lowest BCUT2D eigenvalue weighted by atomic mass is 10.1. The van der Waals surface area contributed by atoms with Crippen molar-refractivity contribution in [3.05, 3.63) is 35.5 Å². The second kappa shape index (κ2) is 11.6. The molecule has 0 radical (unpaired) electrons. The van der Waals surface area contributed by atoms with Crippen molar-refractivity contribution >= 4 is 29.0 Å². The molecular formula is C29H38F3N7O2. The van der Waals surface area contributed by atoms with Gasteiger partial charge in [-0.3, -0.25) is 9.69 Å². The van der Waals surface area contributed by atoms with E-state index < -0.39 is 11.7 Å². The minimum atomic E-state index is -4.60. The second-order valence-electron chi connectivity index (χ2n) is 11.6. The van der Waals surface area contributed by atoms with E-state index in [1.54, 1.807) is 4.90 Å². The van der Waals surface area contributed by atoms with E-state index in [9.17, 15) is 18.0 Å². The number of carbonyl (C=O) groups is 1. The monoisotopic (exact) mass is 573 g/mol. The molecule has 4 fully saturated rings. The number of halogens is 3. The van der Waals surface area contributed by atoms with Crippen LogP contribution >= 0.6 is 0 Å². The Morgan fingerprint density at radius 1 is 1.10 bits per heavy atom. The average molecular weight is 574 g/mol. The molecule has 1 aromatic heterocycles. The zero-order valence-corrected chi connectivity index (χ0v) is 23.4. The molecular weight excluding hydrogens is 535 g/mol. The predicted molar refractivity (Wildman–Crippen MR) is 151 cm³/mol. The number of hydrogen-bond acceptors (Lipinski definition) is 8. The van der Waals surface area contributed by atoms with Crippen LogP contribution in [0.15, 0.2) is 24.4 Å². The van der Waals surface area contributed by atoms with E-state index >= 15 is 0 Å². The highest BCUT2D eigenvalue weighted by Gasteiger charge is 2.38. The zero-order chi connectivity index (χ0) is 28.6. The first-order valence-corrected chi connectivity index (χ1v) is 14.7. The van der Waals surface area contributed by atoms with Gasteiger partial charge in [-0.25, -0.2) is 4.98 Å². The second-order valence-corrected chi connectivity index (χ2v) is 11.6. The molecule has 4 aliphatic rings. The Balaban J connectivity index is 1.15. The molecule has 12 heteroatoms. The van der Waals surface area contributed by atoms with Crippen LogP contribution in [0.4, 0.5) is 36.3 Å². The number of amides is 1. The van der Waals surface area contributed by atoms with E-state index in [1.807, 2.05) is 6.07 Å². The number of likely N-dealkylation sites (N-methyl/N-ethyl adjacent to an activating group) is 1. The minimum Gasteiger partial charge on any atom is -0.379 e. The Bertz CT molecular complexity index is 1240. The SMILES string of the molecule is CN1[C@@H]2CC[C@H]1CN(c1ccc(Nc3ncc(C(F)(F)F)c(NCCCN4CCOCCC4=O)n3)c(C3CC3)c1)C2. The first-order chi connectivity index (χ1) is 19.8. The summed E-state index contributed by atoms with van der Waals surface area (Å²) < 4.78 is 46.6. The third-order valence-corrected chi connectivity index (χ3v) is 8.82. The fourth-order valence-electron chi connectivity index (χ4n) is 6.25. The largest absolute Gasteiger partial charge is 0.421 e. The summed E-state index contributed by atoms with van der Waals surface area (Å²) in [6, 6.07) is 7.52. The number of rotatable bonds is 9. The van der Waals surface area contributed by atoms with Gasteiger partial charge in [-0.15, -0.1) is 0 Å². The zero-order valence-electron chi connectivity index (χ0n) is 23.4. The lowest BCUT2D eigenvalue weighted by Gasteiger charge is -2.40. The van der Waals surface area contributed by atoms with Gasteiger partial charge in [0.2, 0.25) is 11.9 Å². The topological polar surface area (TPSA) is 85.9 Å². The van der Waals surface area contributed by atoms with Crippen molar-refractivity contribution in [3.8, 4) is 0 Å². The fraction of sp³-hybridized carbons (Fsp3) is 0.621. The molecule has 2 bridgehead atoms. The lowest BCUT2D eigenvalue weighted by Crippen LogP contribution is -2.52. The average Bonchev–Trinajstić information content (AvgIpc) is 3.78. The number of hydrogen-bond donors (Lipinski definition) is 2. The van der Waals surface area contributed by atoms with Crippen LogP contribution in [-0.4, -0.2) is 90.7 Å². The number of aromatic nitrogens is 2. The van der Waals surface area contributed by atoms with E-state index in [-0.39, 0.29) is 24.2 Å². The number of benzene rings is 1. The van der Waals surface area contributed by atoms with Gasteiger partial charge in [0.1, 0.15) is 11.4 Å². The summed E-state index contributed by atoms with van der Waals surface area (Å²) in [7, 11) is 2.22. The number of anilines is 4. The number of alkyl halides is 3. The Morgan fingerprint density at radius 3 is 2.61 bits per heavy atom. The number of ether oxygens (including phenoxy) is 1. The molecule has 1 saturated carbocycles. The summed E-state index contributed by atoms with van der Waals surface area (Å²) >= 11 is 0. The van der Waals surface area contributed by atoms with Crippen LogP contribution in [0, 0.1) is 0 Å². The summed E-state index contributed by atoms with van der Waals surface area (Å²) in [5.41, 5.74) is 2.29. The van der Waals surface area contributed by atoms with Gasteiger partial charge in [-0.1, -0.05) is 0 Å². The molecule has 3 saturated heterocycles. The maximum atomic E-state index is 13.8. The number of fused-ring (bicyclic) bond motifs is 2. The Kier molecular flexibility index (Phi) is 7.95. The van der Waals surface area contributed by atoms with Crippen LogP contribution in [0.1, 0.15) is 55.6 Å². The lowest BCUT2D eigenvalue weighted by molar-refractivity contribution is -0.137. The fourth-order valence-corrected chi connectivity index (χ4v) is 6.25. The van der Waals surface area contributed by atoms with Crippen LogP contribution < -0.4 is 15.5 Å². The van der Waals surface area contributed by atoms with Gasteiger partial charge in [-0.2, -0.15) is 18.2 Å². The van der Waals surface area contributed by atoms with Crippen LogP contribution in [-0.2, 0) is 15.7 Å². The van der Waals surface area contributed by atoms with E-state index in [0.717, 1.165) is 43.4 Å².